The van der Waals surface area contributed by atoms with Gasteiger partial charge in [0.05, 0.1) is 25.7 Å². The Hall–Kier alpha value is -3.82. The zero-order valence-corrected chi connectivity index (χ0v) is 21.4. The molecule has 1 aliphatic heterocycles. The molecule has 0 saturated carbocycles. The Morgan fingerprint density at radius 1 is 1.00 bits per heavy atom. The molecule has 0 spiro atoms. The van der Waals surface area contributed by atoms with Gasteiger partial charge in [-0.1, -0.05) is 60.4 Å². The van der Waals surface area contributed by atoms with Crippen LogP contribution in [-0.4, -0.2) is 41.9 Å². The fraction of sp³-hybridized carbons (Fsp3) is 0.148. The summed E-state index contributed by atoms with van der Waals surface area (Å²) in [7, 11) is 3.10. The van der Waals surface area contributed by atoms with E-state index in [-0.39, 0.29) is 18.4 Å². The largest absolute Gasteiger partial charge is 0.497 e. The molecule has 1 aliphatic rings. The van der Waals surface area contributed by atoms with Crippen LogP contribution in [0.1, 0.15) is 11.1 Å². The first-order valence-corrected chi connectivity index (χ1v) is 12.2. The minimum atomic E-state index is -0.312. The van der Waals surface area contributed by atoms with Gasteiger partial charge in [0.2, 0.25) is 0 Å². The summed E-state index contributed by atoms with van der Waals surface area (Å²) in [6, 6.07) is 22.0. The summed E-state index contributed by atoms with van der Waals surface area (Å²) >= 11 is 6.70. The minimum Gasteiger partial charge on any atom is -0.497 e. The number of thioether (sulfide) groups is 1. The first-order valence-electron chi connectivity index (χ1n) is 11.0. The summed E-state index contributed by atoms with van der Waals surface area (Å²) in [5.41, 5.74) is 2.40. The molecule has 7 nitrogen and oxygen atoms in total. The molecule has 184 valence electrons. The van der Waals surface area contributed by atoms with E-state index in [1.54, 1.807) is 60.6 Å². The lowest BCUT2D eigenvalue weighted by molar-refractivity contribution is -0.122. The highest BCUT2D eigenvalue weighted by Crippen LogP contribution is 2.35. The van der Waals surface area contributed by atoms with Crippen LogP contribution in [-0.2, 0) is 16.1 Å². The minimum absolute atomic E-state index is 0.136. The van der Waals surface area contributed by atoms with Gasteiger partial charge in [0.25, 0.3) is 11.8 Å². The van der Waals surface area contributed by atoms with E-state index in [1.807, 2.05) is 30.3 Å². The van der Waals surface area contributed by atoms with Crippen LogP contribution in [0.4, 0.5) is 5.69 Å². The standard InChI is InChI=1S/C27H24N2O5S2/c1-32-21-11-9-20(10-12-21)28-25(30)17-34-22-13-8-19(14-23(22)33-2)15-24-26(31)29(27(35)36-24)16-18-6-4-3-5-7-18/h3-15H,16-17H2,1-2H3,(H,28,30)/b24-15-. The van der Waals surface area contributed by atoms with Gasteiger partial charge in [0.15, 0.2) is 18.1 Å². The Labute approximate surface area is 219 Å². The van der Waals surface area contributed by atoms with Crippen molar-refractivity contribution in [3.63, 3.8) is 0 Å². The van der Waals surface area contributed by atoms with Crippen LogP contribution in [0.2, 0.25) is 0 Å². The van der Waals surface area contributed by atoms with Crippen LogP contribution in [0.3, 0.4) is 0 Å². The van der Waals surface area contributed by atoms with Gasteiger partial charge in [0.1, 0.15) is 10.1 Å². The van der Waals surface area contributed by atoms with E-state index < -0.39 is 0 Å². The van der Waals surface area contributed by atoms with Gasteiger partial charge >= 0.3 is 0 Å². The number of hydrogen-bond donors (Lipinski definition) is 1. The van der Waals surface area contributed by atoms with Crippen LogP contribution < -0.4 is 19.5 Å². The van der Waals surface area contributed by atoms with Gasteiger partial charge in [-0.2, -0.15) is 0 Å². The summed E-state index contributed by atoms with van der Waals surface area (Å²) < 4.78 is 16.7. The van der Waals surface area contributed by atoms with Gasteiger partial charge < -0.3 is 19.5 Å². The fourth-order valence-corrected chi connectivity index (χ4v) is 4.72. The highest BCUT2D eigenvalue weighted by Gasteiger charge is 2.32. The molecule has 3 aromatic carbocycles. The Morgan fingerprint density at radius 3 is 2.44 bits per heavy atom. The molecule has 0 aliphatic carbocycles. The average Bonchev–Trinajstić information content (AvgIpc) is 3.16. The smallest absolute Gasteiger partial charge is 0.266 e. The van der Waals surface area contributed by atoms with Crippen LogP contribution in [0.15, 0.2) is 77.7 Å². The Morgan fingerprint density at radius 2 is 1.75 bits per heavy atom. The molecule has 0 atom stereocenters. The predicted molar refractivity (Wildman–Crippen MR) is 145 cm³/mol. The zero-order valence-electron chi connectivity index (χ0n) is 19.7. The van der Waals surface area contributed by atoms with Gasteiger partial charge in [-0.15, -0.1) is 0 Å². The van der Waals surface area contributed by atoms with E-state index in [1.165, 1.54) is 18.9 Å². The molecule has 2 amide bonds. The Kier molecular flexibility index (Phi) is 8.24. The van der Waals surface area contributed by atoms with E-state index in [0.717, 1.165) is 11.1 Å². The van der Waals surface area contributed by atoms with Crippen LogP contribution in [0.25, 0.3) is 6.08 Å². The number of benzene rings is 3. The molecular formula is C27H24N2O5S2. The second-order valence-electron chi connectivity index (χ2n) is 7.73. The quantitative estimate of drug-likeness (QED) is 0.310. The molecule has 0 radical (unpaired) electrons. The van der Waals surface area contributed by atoms with Crippen molar-refractivity contribution < 1.29 is 23.8 Å². The summed E-state index contributed by atoms with van der Waals surface area (Å²) in [5.74, 6) is 1.11. The molecule has 4 rings (SSSR count). The number of nitrogens with one attached hydrogen (secondary N) is 1. The molecular weight excluding hydrogens is 496 g/mol. The van der Waals surface area contributed by atoms with Crippen molar-refractivity contribution in [2.24, 2.45) is 0 Å². The molecule has 9 heteroatoms. The predicted octanol–water partition coefficient (Wildman–Crippen LogP) is 5.12. The number of methoxy groups -OCH3 is 2. The lowest BCUT2D eigenvalue weighted by Crippen LogP contribution is -2.27. The first kappa shape index (κ1) is 25.3. The number of anilines is 1. The van der Waals surface area contributed by atoms with Gasteiger partial charge in [-0.05, 0) is 53.6 Å². The van der Waals surface area contributed by atoms with Gasteiger partial charge in [-0.25, -0.2) is 0 Å². The van der Waals surface area contributed by atoms with Crippen LogP contribution >= 0.6 is 24.0 Å². The number of amides is 2. The van der Waals surface area contributed by atoms with E-state index in [0.29, 0.717) is 38.7 Å². The third kappa shape index (κ3) is 6.24. The number of rotatable bonds is 9. The van der Waals surface area contributed by atoms with Gasteiger partial charge in [0, 0.05) is 5.69 Å². The van der Waals surface area contributed by atoms with E-state index >= 15 is 0 Å². The summed E-state index contributed by atoms with van der Waals surface area (Å²) in [6.45, 7) is 0.234. The van der Waals surface area contributed by atoms with Crippen molar-refractivity contribution in [2.45, 2.75) is 6.54 Å². The maximum Gasteiger partial charge on any atom is 0.266 e. The van der Waals surface area contributed by atoms with Crippen LogP contribution in [0, 0.1) is 0 Å². The molecule has 1 fully saturated rings. The lowest BCUT2D eigenvalue weighted by Gasteiger charge is -2.14. The van der Waals surface area contributed by atoms with E-state index in [2.05, 4.69) is 5.32 Å². The third-order valence-electron chi connectivity index (χ3n) is 5.28. The van der Waals surface area contributed by atoms with Crippen molar-refractivity contribution in [1.82, 2.24) is 4.90 Å². The highest BCUT2D eigenvalue weighted by molar-refractivity contribution is 8.26. The highest BCUT2D eigenvalue weighted by atomic mass is 32.2. The molecule has 3 aromatic rings. The molecule has 1 saturated heterocycles. The number of carbonyl (C=O) groups is 2. The molecule has 36 heavy (non-hydrogen) atoms. The summed E-state index contributed by atoms with van der Waals surface area (Å²) in [6.07, 6.45) is 1.77. The van der Waals surface area contributed by atoms with E-state index in [4.69, 9.17) is 26.4 Å². The average molecular weight is 521 g/mol. The van der Waals surface area contributed by atoms with E-state index in [9.17, 15) is 9.59 Å². The number of carbonyl (C=O) groups excluding carboxylic acids is 2. The number of ether oxygens (including phenoxy) is 3. The second-order valence-corrected chi connectivity index (χ2v) is 9.40. The van der Waals surface area contributed by atoms with Crippen LogP contribution in [0.5, 0.6) is 17.2 Å². The molecule has 0 unspecified atom stereocenters. The fourth-order valence-electron chi connectivity index (χ4n) is 3.46. The third-order valence-corrected chi connectivity index (χ3v) is 6.65. The maximum atomic E-state index is 13.0. The van der Waals surface area contributed by atoms with Crippen molar-refractivity contribution >= 4 is 51.9 Å². The van der Waals surface area contributed by atoms with Crippen molar-refractivity contribution in [1.29, 1.82) is 0 Å². The Bertz CT molecular complexity index is 1290. The molecule has 0 bridgehead atoms. The number of thiocarbonyl (C=S) groups is 1. The topological polar surface area (TPSA) is 77.1 Å². The second kappa shape index (κ2) is 11.7. The SMILES string of the molecule is COc1ccc(NC(=O)COc2ccc(/C=C3\SC(=S)N(Cc4ccccc4)C3=O)cc2OC)cc1. The number of nitrogens with zero attached hydrogens (tertiary/aromatic N) is 1. The lowest BCUT2D eigenvalue weighted by atomic mass is 10.1. The van der Waals surface area contributed by atoms with Crippen molar-refractivity contribution in [2.75, 3.05) is 26.1 Å². The summed E-state index contributed by atoms with van der Waals surface area (Å²) in [5, 5.41) is 2.76. The number of hydrogen-bond acceptors (Lipinski definition) is 7. The maximum absolute atomic E-state index is 13.0. The molecule has 1 heterocycles. The first-order chi connectivity index (χ1) is 17.5. The summed E-state index contributed by atoms with van der Waals surface area (Å²) in [4.78, 5) is 27.4. The van der Waals surface area contributed by atoms with Crippen molar-refractivity contribution in [3.8, 4) is 17.2 Å². The van der Waals surface area contributed by atoms with Crippen molar-refractivity contribution in [3.05, 3.63) is 88.8 Å². The monoisotopic (exact) mass is 520 g/mol. The normalized spacial score (nSPS) is 14.2. The Balaban J connectivity index is 1.39. The van der Waals surface area contributed by atoms with Gasteiger partial charge in [-0.3, -0.25) is 14.5 Å². The zero-order chi connectivity index (χ0) is 25.5. The molecule has 1 N–H and O–H groups in total. The molecule has 0 aromatic heterocycles.